The van der Waals surface area contributed by atoms with E-state index in [1.807, 2.05) is 5.32 Å². The van der Waals surface area contributed by atoms with Crippen molar-refractivity contribution in [3.8, 4) is 6.07 Å². The fourth-order valence-corrected chi connectivity index (χ4v) is 1.23. The summed E-state index contributed by atoms with van der Waals surface area (Å²) in [5.41, 5.74) is -0.438. The Morgan fingerprint density at radius 1 is 1.58 bits per heavy atom. The summed E-state index contributed by atoms with van der Waals surface area (Å²) < 4.78 is 17.9. The molecule has 102 valence electrons. The maximum Gasteiger partial charge on any atom is 0.343 e. The highest BCUT2D eigenvalue weighted by molar-refractivity contribution is 9.11. The van der Waals surface area contributed by atoms with E-state index >= 15 is 0 Å². The molecule has 0 spiro atoms. The van der Waals surface area contributed by atoms with Crippen molar-refractivity contribution in [3.05, 3.63) is 35.1 Å². The van der Waals surface area contributed by atoms with Gasteiger partial charge < -0.3 is 10.1 Å². The number of rotatable bonds is 6. The van der Waals surface area contributed by atoms with Gasteiger partial charge in [0.2, 0.25) is 6.04 Å². The number of halogens is 2. The fourth-order valence-electron chi connectivity index (χ4n) is 1.00. The molecule has 0 heterocycles. The summed E-state index contributed by atoms with van der Waals surface area (Å²) in [6, 6.07) is 0.0297. The second-order valence-electron chi connectivity index (χ2n) is 3.20. The van der Waals surface area contributed by atoms with E-state index in [-0.39, 0.29) is 11.1 Å². The minimum atomic E-state index is -1.52. The lowest BCUT2D eigenvalue weighted by Crippen LogP contribution is -2.41. The molecule has 0 aromatic heterocycles. The number of hydrogen-bond donors (Lipinski definition) is 1. The van der Waals surface area contributed by atoms with Crippen LogP contribution < -0.4 is 5.32 Å². The third-order valence-electron chi connectivity index (χ3n) is 1.76. The highest BCUT2D eigenvalue weighted by Crippen LogP contribution is 2.15. The summed E-state index contributed by atoms with van der Waals surface area (Å²) >= 11 is 2.93. The summed E-state index contributed by atoms with van der Waals surface area (Å²) in [5, 5.41) is 10.8. The van der Waals surface area contributed by atoms with Gasteiger partial charge in [-0.05, 0) is 13.0 Å². The predicted molar refractivity (Wildman–Crippen MR) is 70.6 cm³/mol. The van der Waals surface area contributed by atoms with Crippen LogP contribution in [0.2, 0.25) is 0 Å². The van der Waals surface area contributed by atoms with E-state index in [9.17, 15) is 14.0 Å². The van der Waals surface area contributed by atoms with Gasteiger partial charge in [-0.25, -0.2) is 9.18 Å². The number of hydrogen-bond acceptors (Lipinski definition) is 4. The van der Waals surface area contributed by atoms with Crippen LogP contribution >= 0.6 is 15.9 Å². The number of carbonyl (C=O) groups is 2. The van der Waals surface area contributed by atoms with E-state index in [1.165, 1.54) is 0 Å². The number of amides is 1. The number of esters is 1. The Morgan fingerprint density at radius 3 is 2.53 bits per heavy atom. The van der Waals surface area contributed by atoms with Crippen LogP contribution in [0.25, 0.3) is 0 Å². The van der Waals surface area contributed by atoms with Crippen molar-refractivity contribution >= 4 is 27.8 Å². The smallest absolute Gasteiger partial charge is 0.343 e. The molecule has 0 radical (unpaired) electrons. The molecule has 0 aliphatic heterocycles. The van der Waals surface area contributed by atoms with Crippen LogP contribution in [0.5, 0.6) is 0 Å². The third kappa shape index (κ3) is 5.97. The number of ether oxygens (including phenoxy) is 1. The van der Waals surface area contributed by atoms with Crippen LogP contribution in [-0.4, -0.2) is 24.5 Å². The molecule has 0 saturated heterocycles. The first-order valence-corrected chi connectivity index (χ1v) is 5.90. The maximum absolute atomic E-state index is 13.1. The largest absolute Gasteiger partial charge is 0.464 e. The van der Waals surface area contributed by atoms with Gasteiger partial charge in [-0.2, -0.15) is 5.26 Å². The van der Waals surface area contributed by atoms with E-state index < -0.39 is 29.3 Å². The second kappa shape index (κ2) is 8.21. The van der Waals surface area contributed by atoms with Crippen LogP contribution in [0.4, 0.5) is 4.39 Å². The molecule has 1 amide bonds. The first-order chi connectivity index (χ1) is 8.83. The SMILES string of the molecule is C=C(Br)/C=C(\C(=C)F)C(=O)NC(C#N)C(=O)OCC. The molecule has 1 atom stereocenters. The molecule has 0 aromatic rings. The molecule has 7 heteroatoms. The van der Waals surface area contributed by atoms with Crippen LogP contribution in [0, 0.1) is 11.3 Å². The van der Waals surface area contributed by atoms with Crippen molar-refractivity contribution in [1.82, 2.24) is 5.32 Å². The van der Waals surface area contributed by atoms with Gasteiger partial charge in [-0.1, -0.05) is 29.1 Å². The van der Waals surface area contributed by atoms with Crippen molar-refractivity contribution in [1.29, 1.82) is 5.26 Å². The van der Waals surface area contributed by atoms with Gasteiger partial charge in [0, 0.05) is 4.48 Å². The second-order valence-corrected chi connectivity index (χ2v) is 4.22. The first-order valence-electron chi connectivity index (χ1n) is 5.11. The number of nitrogens with zero attached hydrogens (tertiary/aromatic N) is 1. The van der Waals surface area contributed by atoms with Crippen molar-refractivity contribution < 1.29 is 18.7 Å². The molecule has 1 N–H and O–H groups in total. The topological polar surface area (TPSA) is 79.2 Å². The Hall–Kier alpha value is -1.94. The Balaban J connectivity index is 5.01. The molecule has 0 fully saturated rings. The Bertz CT molecular complexity index is 480. The molecule has 5 nitrogen and oxygen atoms in total. The van der Waals surface area contributed by atoms with Crippen LogP contribution in [0.15, 0.2) is 35.1 Å². The van der Waals surface area contributed by atoms with Gasteiger partial charge in [0.05, 0.1) is 18.2 Å². The summed E-state index contributed by atoms with van der Waals surface area (Å²) in [7, 11) is 0. The standard InChI is InChI=1S/C12H12BrFN2O3/c1-4-19-12(18)10(6-15)16-11(17)9(8(3)14)5-7(2)13/h5,10H,2-4H2,1H3,(H,16,17)/b9-5+. The lowest BCUT2D eigenvalue weighted by atomic mass is 10.2. The zero-order valence-corrected chi connectivity index (χ0v) is 11.8. The molecule has 1 unspecified atom stereocenters. The molecule has 19 heavy (non-hydrogen) atoms. The van der Waals surface area contributed by atoms with Gasteiger partial charge in [0.1, 0.15) is 5.83 Å². The van der Waals surface area contributed by atoms with E-state index in [4.69, 9.17) is 5.26 Å². The highest BCUT2D eigenvalue weighted by Gasteiger charge is 2.24. The Labute approximate surface area is 118 Å². The number of nitriles is 1. The Morgan fingerprint density at radius 2 is 2.16 bits per heavy atom. The minimum Gasteiger partial charge on any atom is -0.464 e. The van der Waals surface area contributed by atoms with Crippen molar-refractivity contribution in [2.45, 2.75) is 13.0 Å². The van der Waals surface area contributed by atoms with Crippen molar-refractivity contribution in [2.75, 3.05) is 6.61 Å². The Kier molecular flexibility index (Phi) is 7.37. The van der Waals surface area contributed by atoms with Crippen molar-refractivity contribution in [3.63, 3.8) is 0 Å². The molecule has 0 saturated carbocycles. The van der Waals surface area contributed by atoms with E-state index in [1.54, 1.807) is 13.0 Å². The number of carbonyl (C=O) groups excluding carboxylic acids is 2. The average Bonchev–Trinajstić information content (AvgIpc) is 2.32. The van der Waals surface area contributed by atoms with Gasteiger partial charge in [0.25, 0.3) is 5.91 Å². The summed E-state index contributed by atoms with van der Waals surface area (Å²) in [5.74, 6) is -2.90. The third-order valence-corrected chi connectivity index (χ3v) is 1.99. The minimum absolute atomic E-state index is 0.0591. The molecular formula is C12H12BrFN2O3. The van der Waals surface area contributed by atoms with Gasteiger partial charge in [-0.3, -0.25) is 4.79 Å². The van der Waals surface area contributed by atoms with Crippen LogP contribution in [-0.2, 0) is 14.3 Å². The average molecular weight is 331 g/mol. The molecule has 0 aliphatic rings. The van der Waals surface area contributed by atoms with E-state index in [0.29, 0.717) is 0 Å². The molecule has 0 aliphatic carbocycles. The lowest BCUT2D eigenvalue weighted by Gasteiger charge is -2.11. The number of nitrogens with one attached hydrogen (secondary N) is 1. The molecule has 0 bridgehead atoms. The van der Waals surface area contributed by atoms with Crippen molar-refractivity contribution in [2.24, 2.45) is 0 Å². The van der Waals surface area contributed by atoms with Gasteiger partial charge in [-0.15, -0.1) is 0 Å². The monoisotopic (exact) mass is 330 g/mol. The quantitative estimate of drug-likeness (QED) is 0.458. The highest BCUT2D eigenvalue weighted by atomic mass is 79.9. The van der Waals surface area contributed by atoms with E-state index in [2.05, 4.69) is 33.8 Å². The lowest BCUT2D eigenvalue weighted by molar-refractivity contribution is -0.145. The summed E-state index contributed by atoms with van der Waals surface area (Å²) in [6.07, 6.45) is 1.08. The van der Waals surface area contributed by atoms with Gasteiger partial charge >= 0.3 is 5.97 Å². The maximum atomic E-state index is 13.1. The zero-order chi connectivity index (χ0) is 15.0. The molecule has 0 aromatic carbocycles. The molecule has 0 rings (SSSR count). The normalized spacial score (nSPS) is 12.0. The fraction of sp³-hybridized carbons (Fsp3) is 0.250. The zero-order valence-electron chi connectivity index (χ0n) is 10.2. The van der Waals surface area contributed by atoms with Gasteiger partial charge in [0.15, 0.2) is 0 Å². The summed E-state index contributed by atoms with van der Waals surface area (Å²) in [4.78, 5) is 23.0. The predicted octanol–water partition coefficient (Wildman–Crippen LogP) is 1.88. The van der Waals surface area contributed by atoms with Crippen LogP contribution in [0.1, 0.15) is 6.92 Å². The summed E-state index contributed by atoms with van der Waals surface area (Å²) in [6.45, 7) is 8.02. The van der Waals surface area contributed by atoms with Crippen LogP contribution in [0.3, 0.4) is 0 Å². The molecular weight excluding hydrogens is 319 g/mol. The van der Waals surface area contributed by atoms with E-state index in [0.717, 1.165) is 6.08 Å². The first kappa shape index (κ1) is 17.1. The number of allylic oxidation sites excluding steroid dienone is 2.